The number of hydrogen-bond acceptors (Lipinski definition) is 5. The SMILES string of the molecule is CC/C=C\C/C=C\C/C=C\C/C=C\C/C=C\C/C=C\CCC(=O)O[C@H](COCCCCCCCCCCCCCCCCCC)COC(=O)CCCCCCCCCCCCCCCCCCCCCCC. The lowest BCUT2D eigenvalue weighted by atomic mass is 10.0. The molecule has 1 atom stereocenters. The van der Waals surface area contributed by atoms with Gasteiger partial charge in [-0.05, 0) is 57.8 Å². The Balaban J connectivity index is 4.32. The van der Waals surface area contributed by atoms with E-state index in [0.29, 0.717) is 25.9 Å². The monoisotopic (exact) mass is 1000 g/mol. The fraction of sp³-hybridized carbons (Fsp3) is 0.791. The molecule has 5 nitrogen and oxygen atoms in total. The first kappa shape index (κ1) is 69.3. The molecule has 0 rings (SSSR count). The molecule has 0 radical (unpaired) electrons. The number of carbonyl (C=O) groups excluding carboxylic acids is 2. The lowest BCUT2D eigenvalue weighted by Crippen LogP contribution is -2.30. The van der Waals surface area contributed by atoms with Crippen LogP contribution in [-0.4, -0.2) is 37.9 Å². The molecule has 0 aromatic heterocycles. The summed E-state index contributed by atoms with van der Waals surface area (Å²) in [6, 6.07) is 0. The molecule has 0 aromatic rings. The zero-order valence-electron chi connectivity index (χ0n) is 48.2. The van der Waals surface area contributed by atoms with Crippen LogP contribution in [0.4, 0.5) is 0 Å². The molecule has 0 aliphatic carbocycles. The van der Waals surface area contributed by atoms with E-state index in [2.05, 4.69) is 87.6 Å². The van der Waals surface area contributed by atoms with Gasteiger partial charge in [-0.25, -0.2) is 0 Å². The van der Waals surface area contributed by atoms with Crippen molar-refractivity contribution in [2.24, 2.45) is 0 Å². The molecule has 418 valence electrons. The van der Waals surface area contributed by atoms with E-state index < -0.39 is 6.10 Å². The summed E-state index contributed by atoms with van der Waals surface area (Å²) in [6.45, 7) is 7.70. The van der Waals surface area contributed by atoms with Crippen molar-refractivity contribution >= 4 is 11.9 Å². The van der Waals surface area contributed by atoms with Gasteiger partial charge < -0.3 is 14.2 Å². The third-order valence-corrected chi connectivity index (χ3v) is 13.8. The summed E-state index contributed by atoms with van der Waals surface area (Å²) in [6.07, 6.45) is 82.4. The van der Waals surface area contributed by atoms with Crippen molar-refractivity contribution in [2.45, 2.75) is 322 Å². The molecular weight excluding hydrogens is 885 g/mol. The Morgan fingerprint density at radius 3 is 0.972 bits per heavy atom. The number of esters is 2. The summed E-state index contributed by atoms with van der Waals surface area (Å²) in [7, 11) is 0. The molecular formula is C67H120O5. The van der Waals surface area contributed by atoms with Crippen molar-refractivity contribution in [3.8, 4) is 0 Å². The molecule has 72 heavy (non-hydrogen) atoms. The van der Waals surface area contributed by atoms with Crippen LogP contribution in [0.2, 0.25) is 0 Å². The first-order valence-corrected chi connectivity index (χ1v) is 31.5. The number of allylic oxidation sites excluding steroid dienone is 12. The second kappa shape index (κ2) is 62.6. The average Bonchev–Trinajstić information content (AvgIpc) is 3.38. The standard InChI is InChI=1S/C67H120O5/c1-4-7-10-13-16-19-22-25-28-31-33-34-36-37-39-42-45-48-51-54-57-60-66(68)71-64-65(63-70-62-59-56-53-50-47-44-41-30-27-24-21-18-15-12-9-6-3)72-67(69)61-58-55-52-49-46-43-40-38-35-32-29-26-23-20-17-14-11-8-5-2/h8,11,17,20,26,29,35,38,43,46,52,55,65H,4-7,9-10,12-16,18-19,21-25,27-28,30-34,36-37,39-42,44-45,47-51,53-54,56-64H2,1-3H3/b11-8-,20-17-,29-26-,38-35-,46-43-,55-52-/t65-/m1/s1. The van der Waals surface area contributed by atoms with Crippen LogP contribution in [0.5, 0.6) is 0 Å². The summed E-state index contributed by atoms with van der Waals surface area (Å²) < 4.78 is 17.5. The van der Waals surface area contributed by atoms with Crippen molar-refractivity contribution in [1.29, 1.82) is 0 Å². The normalized spacial score (nSPS) is 12.7. The fourth-order valence-corrected chi connectivity index (χ4v) is 9.13. The maximum atomic E-state index is 12.9. The van der Waals surface area contributed by atoms with Gasteiger partial charge in [-0.2, -0.15) is 0 Å². The third kappa shape index (κ3) is 59.9. The van der Waals surface area contributed by atoms with E-state index in [0.717, 1.165) is 64.2 Å². The lowest BCUT2D eigenvalue weighted by Gasteiger charge is -2.18. The summed E-state index contributed by atoms with van der Waals surface area (Å²) in [5, 5.41) is 0. The topological polar surface area (TPSA) is 61.8 Å². The van der Waals surface area contributed by atoms with Gasteiger partial charge in [0.2, 0.25) is 0 Å². The maximum Gasteiger partial charge on any atom is 0.306 e. The molecule has 0 unspecified atom stereocenters. The van der Waals surface area contributed by atoms with Gasteiger partial charge >= 0.3 is 11.9 Å². The molecule has 0 N–H and O–H groups in total. The number of hydrogen-bond donors (Lipinski definition) is 0. The van der Waals surface area contributed by atoms with Crippen LogP contribution in [0.15, 0.2) is 72.9 Å². The third-order valence-electron chi connectivity index (χ3n) is 13.8. The smallest absolute Gasteiger partial charge is 0.306 e. The number of carbonyl (C=O) groups is 2. The summed E-state index contributed by atoms with van der Waals surface area (Å²) in [4.78, 5) is 25.6. The summed E-state index contributed by atoms with van der Waals surface area (Å²) >= 11 is 0. The Labute approximate surface area is 448 Å². The highest BCUT2D eigenvalue weighted by molar-refractivity contribution is 5.70. The Morgan fingerprint density at radius 2 is 0.625 bits per heavy atom. The van der Waals surface area contributed by atoms with E-state index in [1.54, 1.807) is 0 Å². The van der Waals surface area contributed by atoms with Gasteiger partial charge in [0.05, 0.1) is 6.61 Å². The van der Waals surface area contributed by atoms with Crippen LogP contribution in [0.25, 0.3) is 0 Å². The molecule has 0 heterocycles. The van der Waals surface area contributed by atoms with Crippen LogP contribution < -0.4 is 0 Å². The van der Waals surface area contributed by atoms with Gasteiger partial charge in [-0.1, -0.05) is 318 Å². The Morgan fingerprint density at radius 1 is 0.319 bits per heavy atom. The van der Waals surface area contributed by atoms with E-state index in [1.807, 2.05) is 6.08 Å². The average molecular weight is 1010 g/mol. The zero-order valence-corrected chi connectivity index (χ0v) is 48.2. The summed E-state index contributed by atoms with van der Waals surface area (Å²) in [5.74, 6) is -0.476. The Kier molecular flexibility index (Phi) is 60.3. The van der Waals surface area contributed by atoms with Gasteiger partial charge in [0.15, 0.2) is 6.10 Å². The molecule has 0 spiro atoms. The Bertz CT molecular complexity index is 1270. The van der Waals surface area contributed by atoms with Crippen LogP contribution in [-0.2, 0) is 23.8 Å². The van der Waals surface area contributed by atoms with Crippen LogP contribution in [0.1, 0.15) is 316 Å². The molecule has 0 amide bonds. The minimum absolute atomic E-state index is 0.0582. The molecule has 5 heteroatoms. The van der Waals surface area contributed by atoms with Gasteiger partial charge in [-0.3, -0.25) is 9.59 Å². The minimum atomic E-state index is -0.576. The van der Waals surface area contributed by atoms with E-state index in [4.69, 9.17) is 14.2 Å². The highest BCUT2D eigenvalue weighted by Crippen LogP contribution is 2.17. The number of ether oxygens (including phenoxy) is 3. The van der Waals surface area contributed by atoms with Crippen molar-refractivity contribution < 1.29 is 23.8 Å². The fourth-order valence-electron chi connectivity index (χ4n) is 9.13. The lowest BCUT2D eigenvalue weighted by molar-refractivity contribution is -0.162. The van der Waals surface area contributed by atoms with Gasteiger partial charge in [0.25, 0.3) is 0 Å². The van der Waals surface area contributed by atoms with E-state index in [1.165, 1.54) is 212 Å². The Hall–Kier alpha value is -2.66. The van der Waals surface area contributed by atoms with E-state index in [9.17, 15) is 9.59 Å². The van der Waals surface area contributed by atoms with Crippen molar-refractivity contribution in [1.82, 2.24) is 0 Å². The number of unbranched alkanes of at least 4 members (excludes halogenated alkanes) is 35. The van der Waals surface area contributed by atoms with Crippen molar-refractivity contribution in [3.63, 3.8) is 0 Å². The van der Waals surface area contributed by atoms with E-state index >= 15 is 0 Å². The van der Waals surface area contributed by atoms with Crippen molar-refractivity contribution in [3.05, 3.63) is 72.9 Å². The first-order valence-electron chi connectivity index (χ1n) is 31.5. The van der Waals surface area contributed by atoms with Crippen molar-refractivity contribution in [2.75, 3.05) is 19.8 Å². The van der Waals surface area contributed by atoms with Gasteiger partial charge in [0.1, 0.15) is 6.61 Å². The largest absolute Gasteiger partial charge is 0.462 e. The maximum absolute atomic E-state index is 12.9. The first-order chi connectivity index (χ1) is 35.6. The molecule has 0 saturated carbocycles. The molecule has 0 saturated heterocycles. The minimum Gasteiger partial charge on any atom is -0.462 e. The molecule has 0 aliphatic rings. The zero-order chi connectivity index (χ0) is 52.0. The van der Waals surface area contributed by atoms with E-state index in [-0.39, 0.29) is 25.2 Å². The quantitative estimate of drug-likeness (QED) is 0.0345. The van der Waals surface area contributed by atoms with Crippen LogP contribution in [0, 0.1) is 0 Å². The van der Waals surface area contributed by atoms with Crippen LogP contribution >= 0.6 is 0 Å². The predicted octanol–water partition coefficient (Wildman–Crippen LogP) is 21.8. The molecule has 0 fully saturated rings. The van der Waals surface area contributed by atoms with Gasteiger partial charge in [-0.15, -0.1) is 0 Å². The predicted molar refractivity (Wildman–Crippen MR) is 316 cm³/mol. The highest BCUT2D eigenvalue weighted by atomic mass is 16.6. The molecule has 0 aromatic carbocycles. The second-order valence-corrected chi connectivity index (χ2v) is 20.9. The molecule has 0 bridgehead atoms. The highest BCUT2D eigenvalue weighted by Gasteiger charge is 2.17. The second-order valence-electron chi connectivity index (χ2n) is 20.9. The summed E-state index contributed by atoms with van der Waals surface area (Å²) in [5.41, 5.74) is 0. The van der Waals surface area contributed by atoms with Crippen LogP contribution in [0.3, 0.4) is 0 Å². The number of rotatable bonds is 58. The van der Waals surface area contributed by atoms with Gasteiger partial charge in [0, 0.05) is 19.4 Å². The molecule has 0 aliphatic heterocycles.